The van der Waals surface area contributed by atoms with Crippen molar-refractivity contribution in [2.45, 2.75) is 43.4 Å². The lowest BCUT2D eigenvalue weighted by Crippen LogP contribution is -2.60. The van der Waals surface area contributed by atoms with Gasteiger partial charge in [-0.3, -0.25) is 4.90 Å². The summed E-state index contributed by atoms with van der Waals surface area (Å²) in [4.78, 5) is 3.61. The first-order valence-electron chi connectivity index (χ1n) is 6.43. The third kappa shape index (κ3) is 2.15. The highest BCUT2D eigenvalue weighted by atomic mass is 32.1. The molecule has 1 saturated heterocycles. The van der Waals surface area contributed by atoms with Crippen molar-refractivity contribution in [3.63, 3.8) is 0 Å². The lowest BCUT2D eigenvalue weighted by Gasteiger charge is -2.46. The maximum atomic E-state index is 10.6. The molecule has 17 heavy (non-hydrogen) atoms. The molecular weight excluding hydrogens is 232 g/mol. The number of rotatable bonds is 2. The number of nitrogens with zero attached hydrogens (tertiary/aromatic N) is 1. The Bertz CT molecular complexity index is 365. The van der Waals surface area contributed by atoms with Crippen molar-refractivity contribution in [1.29, 1.82) is 0 Å². The van der Waals surface area contributed by atoms with Crippen LogP contribution in [0.25, 0.3) is 0 Å². The van der Waals surface area contributed by atoms with E-state index in [1.54, 1.807) is 11.3 Å². The average Bonchev–Trinajstić information content (AvgIpc) is 2.80. The normalized spacial score (nSPS) is 35.8. The smallest absolute Gasteiger partial charge is 0.0989 e. The molecule has 0 aromatic carbocycles. The fraction of sp³-hybridized carbons (Fsp3) is 0.692. The second kappa shape index (κ2) is 4.35. The van der Waals surface area contributed by atoms with Crippen LogP contribution >= 0.6 is 11.3 Å². The van der Waals surface area contributed by atoms with Gasteiger partial charge in [0.15, 0.2) is 0 Å². The Balaban J connectivity index is 1.60. The van der Waals surface area contributed by atoms with Gasteiger partial charge in [0.1, 0.15) is 0 Å². The zero-order chi connectivity index (χ0) is 11.9. The van der Waals surface area contributed by atoms with E-state index in [9.17, 15) is 5.11 Å². The molecule has 3 nitrogen and oxygen atoms in total. The summed E-state index contributed by atoms with van der Waals surface area (Å²) in [7, 11) is 0. The van der Waals surface area contributed by atoms with Gasteiger partial charge in [-0.15, -0.1) is 11.3 Å². The van der Waals surface area contributed by atoms with Crippen molar-refractivity contribution >= 4 is 11.3 Å². The molecule has 0 amide bonds. The van der Waals surface area contributed by atoms with Crippen LogP contribution < -0.4 is 5.73 Å². The molecule has 0 spiro atoms. The van der Waals surface area contributed by atoms with Crippen LogP contribution in [0.2, 0.25) is 0 Å². The maximum absolute atomic E-state index is 10.6. The molecule has 0 unspecified atom stereocenters. The van der Waals surface area contributed by atoms with Crippen LogP contribution in [0.15, 0.2) is 17.5 Å². The Labute approximate surface area is 106 Å². The summed E-state index contributed by atoms with van der Waals surface area (Å²) in [6.45, 7) is 2.09. The number of hydrogen-bond acceptors (Lipinski definition) is 4. The summed E-state index contributed by atoms with van der Waals surface area (Å²) in [6.07, 6.45) is 3.98. The Morgan fingerprint density at radius 3 is 2.59 bits per heavy atom. The minimum Gasteiger partial charge on any atom is -0.384 e. The molecule has 1 aromatic heterocycles. The molecule has 0 radical (unpaired) electrons. The monoisotopic (exact) mass is 252 g/mol. The maximum Gasteiger partial charge on any atom is 0.0989 e. The highest BCUT2D eigenvalue weighted by molar-refractivity contribution is 7.10. The summed E-state index contributed by atoms with van der Waals surface area (Å²) in [6, 6.07) is 5.12. The number of hydrogen-bond donors (Lipinski definition) is 2. The largest absolute Gasteiger partial charge is 0.384 e. The van der Waals surface area contributed by atoms with Crippen LogP contribution in [0.4, 0.5) is 0 Å². The minimum atomic E-state index is -0.558. The van der Waals surface area contributed by atoms with Crippen molar-refractivity contribution in [3.8, 4) is 0 Å². The number of likely N-dealkylation sites (tertiary alicyclic amines) is 1. The van der Waals surface area contributed by atoms with E-state index >= 15 is 0 Å². The lowest BCUT2D eigenvalue weighted by atomic mass is 9.80. The van der Waals surface area contributed by atoms with E-state index in [4.69, 9.17) is 5.73 Å². The van der Waals surface area contributed by atoms with Crippen LogP contribution in [0, 0.1) is 0 Å². The molecular formula is C13H20N2OS. The van der Waals surface area contributed by atoms with Gasteiger partial charge in [0.25, 0.3) is 0 Å². The van der Waals surface area contributed by atoms with E-state index < -0.39 is 5.60 Å². The van der Waals surface area contributed by atoms with Crippen molar-refractivity contribution in [3.05, 3.63) is 22.4 Å². The van der Waals surface area contributed by atoms with Gasteiger partial charge >= 0.3 is 0 Å². The summed E-state index contributed by atoms with van der Waals surface area (Å²) in [5.41, 5.74) is 5.26. The molecule has 3 N–H and O–H groups in total. The molecule has 94 valence electrons. The Hall–Kier alpha value is -0.420. The van der Waals surface area contributed by atoms with Gasteiger partial charge < -0.3 is 10.8 Å². The van der Waals surface area contributed by atoms with Crippen LogP contribution in [-0.2, 0) is 5.60 Å². The zero-order valence-corrected chi connectivity index (χ0v) is 10.8. The predicted molar refractivity (Wildman–Crippen MR) is 70.0 cm³/mol. The van der Waals surface area contributed by atoms with E-state index in [0.717, 1.165) is 43.6 Å². The van der Waals surface area contributed by atoms with Gasteiger partial charge in [-0.25, -0.2) is 0 Å². The number of nitrogens with two attached hydrogens (primary N) is 1. The molecule has 2 aliphatic rings. The Morgan fingerprint density at radius 1 is 1.35 bits per heavy atom. The second-order valence-corrected chi connectivity index (χ2v) is 6.40. The highest BCUT2D eigenvalue weighted by Crippen LogP contribution is 2.40. The van der Waals surface area contributed by atoms with Crippen molar-refractivity contribution in [1.82, 2.24) is 4.90 Å². The standard InChI is InChI=1S/C13H20N2OS/c14-10-8-15(9-10)11-3-5-13(16,6-4-11)12-2-1-7-17-12/h1-2,7,10-11,16H,3-6,8-9,14H2. The summed E-state index contributed by atoms with van der Waals surface area (Å²) in [5.74, 6) is 0. The van der Waals surface area contributed by atoms with Gasteiger partial charge in [0.05, 0.1) is 5.60 Å². The lowest BCUT2D eigenvalue weighted by molar-refractivity contribution is -0.0351. The third-order valence-electron chi connectivity index (χ3n) is 4.22. The van der Waals surface area contributed by atoms with E-state index in [1.807, 2.05) is 11.4 Å². The SMILES string of the molecule is NC1CN(C2CCC(O)(c3cccs3)CC2)C1. The molecule has 3 rings (SSSR count). The molecule has 1 aromatic rings. The van der Waals surface area contributed by atoms with E-state index in [1.165, 1.54) is 0 Å². The fourth-order valence-corrected chi connectivity index (χ4v) is 3.97. The predicted octanol–water partition coefficient (Wildman–Crippen LogP) is 1.52. The molecule has 2 fully saturated rings. The van der Waals surface area contributed by atoms with E-state index in [-0.39, 0.29) is 0 Å². The van der Waals surface area contributed by atoms with Gasteiger partial charge in [-0.05, 0) is 37.1 Å². The van der Waals surface area contributed by atoms with Crippen molar-refractivity contribution < 1.29 is 5.11 Å². The molecule has 0 bridgehead atoms. The summed E-state index contributed by atoms with van der Waals surface area (Å²) < 4.78 is 0. The molecule has 0 atom stereocenters. The van der Waals surface area contributed by atoms with Gasteiger partial charge in [0, 0.05) is 30.1 Å². The minimum absolute atomic E-state index is 0.383. The quantitative estimate of drug-likeness (QED) is 0.839. The average molecular weight is 252 g/mol. The molecule has 1 saturated carbocycles. The zero-order valence-electron chi connectivity index (χ0n) is 10.0. The Morgan fingerprint density at radius 2 is 2.06 bits per heavy atom. The van der Waals surface area contributed by atoms with E-state index in [0.29, 0.717) is 12.1 Å². The number of aliphatic hydroxyl groups is 1. The number of thiophene rings is 1. The topological polar surface area (TPSA) is 49.5 Å². The van der Waals surface area contributed by atoms with Crippen LogP contribution in [0.3, 0.4) is 0 Å². The second-order valence-electron chi connectivity index (χ2n) is 5.45. The first kappa shape index (κ1) is 11.7. The first-order chi connectivity index (χ1) is 8.17. The molecule has 2 heterocycles. The van der Waals surface area contributed by atoms with E-state index in [2.05, 4.69) is 11.0 Å². The summed E-state index contributed by atoms with van der Waals surface area (Å²) in [5, 5.41) is 12.7. The molecule has 1 aliphatic heterocycles. The van der Waals surface area contributed by atoms with Crippen LogP contribution in [0.5, 0.6) is 0 Å². The molecule has 4 heteroatoms. The first-order valence-corrected chi connectivity index (χ1v) is 7.31. The third-order valence-corrected chi connectivity index (χ3v) is 5.28. The molecule has 1 aliphatic carbocycles. The van der Waals surface area contributed by atoms with Crippen molar-refractivity contribution in [2.75, 3.05) is 13.1 Å². The van der Waals surface area contributed by atoms with Crippen LogP contribution in [0.1, 0.15) is 30.6 Å². The van der Waals surface area contributed by atoms with Crippen molar-refractivity contribution in [2.24, 2.45) is 5.73 Å². The van der Waals surface area contributed by atoms with Gasteiger partial charge in [-0.2, -0.15) is 0 Å². The fourth-order valence-electron chi connectivity index (χ4n) is 3.08. The van der Waals surface area contributed by atoms with Gasteiger partial charge in [0.2, 0.25) is 0 Å². The highest BCUT2D eigenvalue weighted by Gasteiger charge is 2.39. The summed E-state index contributed by atoms with van der Waals surface area (Å²) >= 11 is 1.67. The van der Waals surface area contributed by atoms with Gasteiger partial charge in [-0.1, -0.05) is 6.07 Å². The Kier molecular flexibility index (Phi) is 2.99. The van der Waals surface area contributed by atoms with Crippen LogP contribution in [-0.4, -0.2) is 35.2 Å².